The van der Waals surface area contributed by atoms with Crippen LogP contribution in [0.3, 0.4) is 0 Å². The largest absolute Gasteiger partial charge is 0.102 e. The molecule has 126 valence electrons. The van der Waals surface area contributed by atoms with Crippen LogP contribution in [0, 0.1) is 0 Å². The second kappa shape index (κ2) is 4.86. The third-order valence-electron chi connectivity index (χ3n) is 6.47. The average molecular weight is 334 g/mol. The van der Waals surface area contributed by atoms with Crippen LogP contribution in [0.1, 0.15) is 36.1 Å². The van der Waals surface area contributed by atoms with Crippen molar-refractivity contribution in [3.8, 4) is 22.3 Å². The van der Waals surface area contributed by atoms with Crippen LogP contribution in [0.5, 0.6) is 0 Å². The zero-order chi connectivity index (χ0) is 18.1. The highest BCUT2D eigenvalue weighted by Crippen LogP contribution is 2.56. The standard InChI is InChI=1S/C26H22/c1-5-26(6-2)22-14-10-8-12-18(22)20-15-23-19(16-24(20)26)17-11-7-9-13-21(17)25(23,3)4/h5-16H,1-2H2,3-4H3. The Morgan fingerprint density at radius 3 is 1.77 bits per heavy atom. The minimum absolute atomic E-state index is 0.0174. The van der Waals surface area contributed by atoms with Crippen molar-refractivity contribution in [3.63, 3.8) is 0 Å². The van der Waals surface area contributed by atoms with Crippen molar-refractivity contribution in [1.29, 1.82) is 0 Å². The van der Waals surface area contributed by atoms with Crippen molar-refractivity contribution in [1.82, 2.24) is 0 Å². The second-order valence-corrected chi connectivity index (χ2v) is 7.94. The number of rotatable bonds is 2. The highest BCUT2D eigenvalue weighted by atomic mass is 14.4. The first-order chi connectivity index (χ1) is 12.5. The quantitative estimate of drug-likeness (QED) is 0.461. The molecule has 5 rings (SSSR count). The second-order valence-electron chi connectivity index (χ2n) is 7.94. The summed E-state index contributed by atoms with van der Waals surface area (Å²) in [6.07, 6.45) is 4.09. The number of fused-ring (bicyclic) bond motifs is 6. The van der Waals surface area contributed by atoms with Crippen molar-refractivity contribution >= 4 is 0 Å². The summed E-state index contributed by atoms with van der Waals surface area (Å²) >= 11 is 0. The molecule has 26 heavy (non-hydrogen) atoms. The number of benzene rings is 3. The van der Waals surface area contributed by atoms with E-state index in [4.69, 9.17) is 0 Å². The first-order valence-electron chi connectivity index (χ1n) is 9.20. The van der Waals surface area contributed by atoms with Crippen molar-refractivity contribution in [2.45, 2.75) is 24.7 Å². The lowest BCUT2D eigenvalue weighted by Crippen LogP contribution is -2.19. The summed E-state index contributed by atoms with van der Waals surface area (Å²) in [6.45, 7) is 13.0. The fourth-order valence-corrected chi connectivity index (χ4v) is 5.06. The molecule has 0 fully saturated rings. The normalized spacial score (nSPS) is 17.0. The van der Waals surface area contributed by atoms with E-state index in [1.165, 1.54) is 44.5 Å². The summed E-state index contributed by atoms with van der Waals surface area (Å²) in [7, 11) is 0. The molecule has 0 saturated heterocycles. The Kier molecular flexibility index (Phi) is 2.88. The molecule has 0 aromatic heterocycles. The topological polar surface area (TPSA) is 0 Å². The minimum atomic E-state index is -0.317. The van der Waals surface area contributed by atoms with E-state index in [-0.39, 0.29) is 10.8 Å². The van der Waals surface area contributed by atoms with Gasteiger partial charge in [0.2, 0.25) is 0 Å². The lowest BCUT2D eigenvalue weighted by molar-refractivity contribution is 0.660. The predicted molar refractivity (Wildman–Crippen MR) is 111 cm³/mol. The Bertz CT molecular complexity index is 1090. The monoisotopic (exact) mass is 334 g/mol. The lowest BCUT2D eigenvalue weighted by Gasteiger charge is -2.25. The van der Waals surface area contributed by atoms with Crippen LogP contribution in [0.15, 0.2) is 86.0 Å². The average Bonchev–Trinajstić information content (AvgIpc) is 3.08. The lowest BCUT2D eigenvalue weighted by atomic mass is 9.77. The van der Waals surface area contributed by atoms with Gasteiger partial charge in [0.1, 0.15) is 0 Å². The molecule has 3 aromatic rings. The van der Waals surface area contributed by atoms with Gasteiger partial charge < -0.3 is 0 Å². The van der Waals surface area contributed by atoms with Crippen molar-refractivity contribution in [2.24, 2.45) is 0 Å². The van der Waals surface area contributed by atoms with Gasteiger partial charge >= 0.3 is 0 Å². The molecule has 3 aromatic carbocycles. The minimum Gasteiger partial charge on any atom is -0.102 e. The molecular weight excluding hydrogens is 312 g/mol. The van der Waals surface area contributed by atoms with Crippen molar-refractivity contribution in [3.05, 3.63) is 108 Å². The van der Waals surface area contributed by atoms with E-state index in [1.54, 1.807) is 0 Å². The van der Waals surface area contributed by atoms with E-state index in [0.717, 1.165) is 0 Å². The summed E-state index contributed by atoms with van der Waals surface area (Å²) in [5.74, 6) is 0. The Labute approximate surface area is 155 Å². The zero-order valence-corrected chi connectivity index (χ0v) is 15.3. The Balaban J connectivity index is 1.91. The Morgan fingerprint density at radius 2 is 1.12 bits per heavy atom. The van der Waals surface area contributed by atoms with E-state index in [1.807, 2.05) is 12.2 Å². The van der Waals surface area contributed by atoms with E-state index in [2.05, 4.69) is 87.7 Å². The van der Waals surface area contributed by atoms with Gasteiger partial charge in [-0.1, -0.05) is 74.5 Å². The van der Waals surface area contributed by atoms with Gasteiger partial charge in [0.05, 0.1) is 5.41 Å². The first-order valence-corrected chi connectivity index (χ1v) is 9.20. The molecule has 0 N–H and O–H groups in total. The van der Waals surface area contributed by atoms with Crippen molar-refractivity contribution < 1.29 is 0 Å². The van der Waals surface area contributed by atoms with Gasteiger partial charge in [-0.2, -0.15) is 0 Å². The molecule has 0 nitrogen and oxygen atoms in total. The van der Waals surface area contributed by atoms with Crippen LogP contribution in [-0.4, -0.2) is 0 Å². The smallest absolute Gasteiger partial charge is 0.0569 e. The molecule has 2 aliphatic rings. The summed E-state index contributed by atoms with van der Waals surface area (Å²) in [4.78, 5) is 0. The highest BCUT2D eigenvalue weighted by Gasteiger charge is 2.42. The van der Waals surface area contributed by atoms with Crippen LogP contribution >= 0.6 is 0 Å². The Morgan fingerprint density at radius 1 is 0.615 bits per heavy atom. The maximum Gasteiger partial charge on any atom is 0.0569 e. The van der Waals surface area contributed by atoms with Gasteiger partial charge in [-0.25, -0.2) is 0 Å². The fourth-order valence-electron chi connectivity index (χ4n) is 5.06. The molecule has 0 spiro atoms. The number of allylic oxidation sites excluding steroid dienone is 2. The number of hydrogen-bond acceptors (Lipinski definition) is 0. The molecular formula is C26H22. The summed E-state index contributed by atoms with van der Waals surface area (Å²) in [5, 5.41) is 0. The van der Waals surface area contributed by atoms with Gasteiger partial charge in [0, 0.05) is 5.41 Å². The molecule has 2 aliphatic carbocycles. The van der Waals surface area contributed by atoms with Gasteiger partial charge in [0.15, 0.2) is 0 Å². The maximum absolute atomic E-state index is 4.18. The maximum atomic E-state index is 4.18. The molecule has 0 radical (unpaired) electrons. The van der Waals surface area contributed by atoms with E-state index in [9.17, 15) is 0 Å². The third-order valence-corrected chi connectivity index (χ3v) is 6.47. The van der Waals surface area contributed by atoms with E-state index >= 15 is 0 Å². The third kappa shape index (κ3) is 1.60. The van der Waals surface area contributed by atoms with Crippen LogP contribution in [-0.2, 0) is 10.8 Å². The molecule has 0 heterocycles. The molecule has 0 amide bonds. The van der Waals surface area contributed by atoms with Crippen LogP contribution in [0.25, 0.3) is 22.3 Å². The van der Waals surface area contributed by atoms with Gasteiger partial charge in [-0.05, 0) is 56.6 Å². The number of hydrogen-bond donors (Lipinski definition) is 0. The Hall–Kier alpha value is -2.86. The first kappa shape index (κ1) is 15.4. The SMILES string of the molecule is C=CC1(C=C)c2ccccc2-c2cc3c(cc21)-c1ccccc1C3(C)C. The predicted octanol–water partition coefficient (Wildman–Crippen LogP) is 6.63. The molecule has 0 saturated carbocycles. The molecule has 0 atom stereocenters. The highest BCUT2D eigenvalue weighted by molar-refractivity contribution is 5.90. The van der Waals surface area contributed by atoms with Crippen LogP contribution in [0.2, 0.25) is 0 Å². The van der Waals surface area contributed by atoms with E-state index in [0.29, 0.717) is 0 Å². The van der Waals surface area contributed by atoms with Gasteiger partial charge in [-0.3, -0.25) is 0 Å². The summed E-state index contributed by atoms with van der Waals surface area (Å²) in [5.41, 5.74) is 10.4. The molecule has 0 unspecified atom stereocenters. The van der Waals surface area contributed by atoms with Crippen LogP contribution < -0.4 is 0 Å². The van der Waals surface area contributed by atoms with E-state index < -0.39 is 0 Å². The fraction of sp³-hybridized carbons (Fsp3) is 0.154. The summed E-state index contributed by atoms with van der Waals surface area (Å²) < 4.78 is 0. The zero-order valence-electron chi connectivity index (χ0n) is 15.3. The van der Waals surface area contributed by atoms with Gasteiger partial charge in [-0.15, -0.1) is 13.2 Å². The summed E-state index contributed by atoms with van der Waals surface area (Å²) in [6, 6.07) is 22.3. The molecule has 0 aliphatic heterocycles. The van der Waals surface area contributed by atoms with Crippen molar-refractivity contribution in [2.75, 3.05) is 0 Å². The molecule has 0 bridgehead atoms. The molecule has 0 heteroatoms. The van der Waals surface area contributed by atoms with Crippen LogP contribution in [0.4, 0.5) is 0 Å². The van der Waals surface area contributed by atoms with Gasteiger partial charge in [0.25, 0.3) is 0 Å².